The zero-order valence-electron chi connectivity index (χ0n) is 42.1. The lowest BCUT2D eigenvalue weighted by atomic mass is 9.58. The second-order valence-corrected chi connectivity index (χ2v) is 26.4. The maximum atomic E-state index is 4.29. The molecule has 15 rings (SSSR count). The number of nitrogens with one attached hydrogen (secondary N) is 1. The van der Waals surface area contributed by atoms with Crippen molar-refractivity contribution in [3.8, 4) is 16.8 Å². The molecule has 2 aliphatic carbocycles. The fraction of sp³-hybridized carbons (Fsp3) is 0.242. The number of hydrogen-bond donors (Lipinski definition) is 1. The Morgan fingerprint density at radius 2 is 1.01 bits per heavy atom. The van der Waals surface area contributed by atoms with Crippen molar-refractivity contribution in [3.05, 3.63) is 162 Å². The van der Waals surface area contributed by atoms with Gasteiger partial charge in [0, 0.05) is 84.6 Å². The summed E-state index contributed by atoms with van der Waals surface area (Å²) in [5.41, 5.74) is 18.2. The number of thiophene rings is 2. The molecule has 3 aliphatic rings. The van der Waals surface area contributed by atoms with Gasteiger partial charge in [-0.2, -0.15) is 0 Å². The van der Waals surface area contributed by atoms with Gasteiger partial charge >= 0.3 is 0 Å². The Morgan fingerprint density at radius 3 is 1.69 bits per heavy atom. The summed E-state index contributed by atoms with van der Waals surface area (Å²) in [6.07, 6.45) is 4.79. The Balaban J connectivity index is 1.06. The van der Waals surface area contributed by atoms with E-state index in [4.69, 9.17) is 0 Å². The van der Waals surface area contributed by atoms with Gasteiger partial charge in [-0.15, -0.1) is 22.7 Å². The average Bonchev–Trinajstić information content (AvgIpc) is 4.03. The van der Waals surface area contributed by atoms with Crippen molar-refractivity contribution in [2.24, 2.45) is 0 Å². The van der Waals surface area contributed by atoms with Crippen LogP contribution in [0.2, 0.25) is 0 Å². The third kappa shape index (κ3) is 5.88. The Kier molecular flexibility index (Phi) is 8.45. The van der Waals surface area contributed by atoms with Crippen LogP contribution in [0.4, 0.5) is 11.4 Å². The third-order valence-electron chi connectivity index (χ3n) is 18.1. The molecule has 71 heavy (non-hydrogen) atoms. The zero-order valence-corrected chi connectivity index (χ0v) is 43.7. The largest absolute Gasteiger partial charge is 0.354 e. The van der Waals surface area contributed by atoms with Crippen molar-refractivity contribution in [2.45, 2.75) is 103 Å². The van der Waals surface area contributed by atoms with E-state index in [-0.39, 0.29) is 21.7 Å². The number of nitrogens with zero attached hydrogens (tertiary/aromatic N) is 1. The lowest BCUT2D eigenvalue weighted by Crippen LogP contribution is -2.37. The monoisotopic (exact) mass is 952 g/mol. The quantitative estimate of drug-likeness (QED) is 0.175. The lowest BCUT2D eigenvalue weighted by Gasteiger charge is -2.42. The van der Waals surface area contributed by atoms with Crippen LogP contribution < -0.4 is 16.2 Å². The molecule has 0 fully saturated rings. The first-order chi connectivity index (χ1) is 34.1. The number of fused-ring (bicyclic) bond motifs is 16. The summed E-state index contributed by atoms with van der Waals surface area (Å²) in [5.74, 6) is 0. The molecule has 0 radical (unpaired) electrons. The highest BCUT2D eigenvalue weighted by atomic mass is 32.1. The Hall–Kier alpha value is -6.40. The summed E-state index contributed by atoms with van der Waals surface area (Å²) < 4.78 is 8.09. The topological polar surface area (TPSA) is 17.0 Å². The Labute approximate surface area is 424 Å². The SMILES string of the molecule is CC1(C)CCC(C)(C)c2cc3c(cc21)sc1cccc(Nc2ccc4sc5cc6c(cc5c4c2-c2cc4ccccc4c4c2Bc2cccc5c7cc8ccccc8cc7n-4c25)C(C)(C)CCC6(C)C)c13. The molecule has 3 aromatic heterocycles. The molecule has 5 heteroatoms. The average molecular weight is 953 g/mol. The van der Waals surface area contributed by atoms with Gasteiger partial charge in [0.05, 0.1) is 5.52 Å². The molecule has 0 saturated heterocycles. The predicted octanol–water partition coefficient (Wildman–Crippen LogP) is 17.6. The highest BCUT2D eigenvalue weighted by Crippen LogP contribution is 2.54. The van der Waals surface area contributed by atoms with Gasteiger partial charge in [-0.3, -0.25) is 0 Å². The van der Waals surface area contributed by atoms with E-state index in [1.807, 2.05) is 22.7 Å². The molecule has 1 aliphatic heterocycles. The van der Waals surface area contributed by atoms with Crippen molar-refractivity contribution in [3.63, 3.8) is 0 Å². The van der Waals surface area contributed by atoms with Gasteiger partial charge in [0.15, 0.2) is 7.28 Å². The van der Waals surface area contributed by atoms with Crippen molar-refractivity contribution in [2.75, 3.05) is 5.32 Å². The molecule has 0 atom stereocenters. The number of rotatable bonds is 3. The summed E-state index contributed by atoms with van der Waals surface area (Å²) in [7, 11) is 0.846. The van der Waals surface area contributed by atoms with Crippen LogP contribution in [0.15, 0.2) is 140 Å². The molecule has 4 heterocycles. The van der Waals surface area contributed by atoms with Crippen molar-refractivity contribution in [1.82, 2.24) is 4.57 Å². The predicted molar refractivity (Wildman–Crippen MR) is 314 cm³/mol. The van der Waals surface area contributed by atoms with Crippen LogP contribution in [0.5, 0.6) is 0 Å². The molecule has 0 saturated carbocycles. The second-order valence-electron chi connectivity index (χ2n) is 24.2. The van der Waals surface area contributed by atoms with E-state index in [1.54, 1.807) is 0 Å². The van der Waals surface area contributed by atoms with Crippen LogP contribution in [-0.2, 0) is 21.7 Å². The summed E-state index contributed by atoms with van der Waals surface area (Å²) in [6, 6.07) is 54.6. The van der Waals surface area contributed by atoms with Gasteiger partial charge in [-0.1, -0.05) is 134 Å². The smallest absolute Gasteiger partial charge is 0.198 e. The first-order valence-electron chi connectivity index (χ1n) is 26.0. The molecule has 12 aromatic rings. The van der Waals surface area contributed by atoms with Gasteiger partial charge < -0.3 is 9.88 Å². The van der Waals surface area contributed by atoms with E-state index in [1.165, 1.54) is 165 Å². The fourth-order valence-electron chi connectivity index (χ4n) is 13.9. The highest BCUT2D eigenvalue weighted by molar-refractivity contribution is 7.26. The van der Waals surface area contributed by atoms with Crippen LogP contribution in [0.25, 0.3) is 101 Å². The number of para-hydroxylation sites is 1. The lowest BCUT2D eigenvalue weighted by molar-refractivity contribution is 0.332. The number of benzene rings is 9. The van der Waals surface area contributed by atoms with E-state index >= 15 is 0 Å². The van der Waals surface area contributed by atoms with Crippen LogP contribution >= 0.6 is 22.7 Å². The zero-order chi connectivity index (χ0) is 48.1. The number of anilines is 2. The number of hydrogen-bond acceptors (Lipinski definition) is 3. The standard InChI is InChI=1S/C66H57BN2S2/c1-63(2)25-27-65(5,6)47-34-55-42(32-45(47)63)57-50(21-14-22-53(57)70-55)68-51-23-24-54-59(43-33-46-48(35-56(43)71-54)66(7,8)28-26-64(46,3)4)58(51)44-30-38-17-11-12-18-39(38)62-60(44)67-49-20-13-19-40-41-29-36-15-9-10-16-37(36)31-52(41)69(62)61(40)49/h9-24,29-35,67-68H,25-28H2,1-8H3. The van der Waals surface area contributed by atoms with Gasteiger partial charge in [-0.05, 0) is 164 Å². The van der Waals surface area contributed by atoms with Crippen LogP contribution in [0.3, 0.4) is 0 Å². The second kappa shape index (κ2) is 14.2. The molecule has 2 nitrogen and oxygen atoms in total. The molecule has 1 N–H and O–H groups in total. The minimum absolute atomic E-state index is 0.0821. The highest BCUT2D eigenvalue weighted by Gasteiger charge is 2.40. The first kappa shape index (κ1) is 42.3. The molecular weight excluding hydrogens is 896 g/mol. The first-order valence-corrected chi connectivity index (χ1v) is 27.6. The van der Waals surface area contributed by atoms with E-state index in [0.717, 1.165) is 13.0 Å². The van der Waals surface area contributed by atoms with E-state index in [0.29, 0.717) is 0 Å². The molecule has 0 spiro atoms. The normalized spacial score (nSPS) is 17.4. The Morgan fingerprint density at radius 1 is 0.451 bits per heavy atom. The minimum atomic E-state index is 0.0821. The minimum Gasteiger partial charge on any atom is -0.354 e. The maximum absolute atomic E-state index is 4.29. The molecule has 0 unspecified atom stereocenters. The van der Waals surface area contributed by atoms with Gasteiger partial charge in [-0.25, -0.2) is 0 Å². The van der Waals surface area contributed by atoms with E-state index in [9.17, 15) is 0 Å². The molecule has 346 valence electrons. The van der Waals surface area contributed by atoms with Crippen LogP contribution in [-0.4, -0.2) is 11.8 Å². The van der Waals surface area contributed by atoms with Gasteiger partial charge in [0.25, 0.3) is 0 Å². The van der Waals surface area contributed by atoms with Gasteiger partial charge in [0.1, 0.15) is 0 Å². The van der Waals surface area contributed by atoms with E-state index in [2.05, 4.69) is 205 Å². The maximum Gasteiger partial charge on any atom is 0.198 e. The van der Waals surface area contributed by atoms with Crippen molar-refractivity contribution >= 4 is 136 Å². The van der Waals surface area contributed by atoms with Crippen molar-refractivity contribution < 1.29 is 0 Å². The molecular formula is C66H57BN2S2. The molecule has 9 aromatic carbocycles. The molecule has 0 bridgehead atoms. The fourth-order valence-corrected chi connectivity index (χ4v) is 16.2. The van der Waals surface area contributed by atoms with Crippen molar-refractivity contribution in [1.29, 1.82) is 0 Å². The molecule has 0 amide bonds. The summed E-state index contributed by atoms with van der Waals surface area (Å²) in [5, 5.41) is 17.5. The summed E-state index contributed by atoms with van der Waals surface area (Å²) in [6.45, 7) is 19.7. The summed E-state index contributed by atoms with van der Waals surface area (Å²) in [4.78, 5) is 0. The van der Waals surface area contributed by atoms with Crippen LogP contribution in [0, 0.1) is 0 Å². The number of aromatic nitrogens is 1. The summed E-state index contributed by atoms with van der Waals surface area (Å²) >= 11 is 3.93. The third-order valence-corrected chi connectivity index (χ3v) is 20.3. The van der Waals surface area contributed by atoms with Crippen LogP contribution in [0.1, 0.15) is 103 Å². The van der Waals surface area contributed by atoms with E-state index < -0.39 is 0 Å². The Bertz CT molecular complexity index is 4360. The van der Waals surface area contributed by atoms with Gasteiger partial charge in [0.2, 0.25) is 0 Å².